The van der Waals surface area contributed by atoms with E-state index in [2.05, 4.69) is 0 Å². The third-order valence-electron chi connectivity index (χ3n) is 1.67. The Hall–Kier alpha value is -2.56. The van der Waals surface area contributed by atoms with Gasteiger partial charge in [-0.15, -0.1) is 0 Å². The summed E-state index contributed by atoms with van der Waals surface area (Å²) in [5, 5.41) is 34.4. The molecular formula is C11H8N4. The lowest BCUT2D eigenvalue weighted by Gasteiger charge is -1.99. The first-order valence-electron chi connectivity index (χ1n) is 4.15. The predicted molar refractivity (Wildman–Crippen MR) is 52.5 cm³/mol. The van der Waals surface area contributed by atoms with Crippen molar-refractivity contribution in [2.75, 3.05) is 0 Å². The van der Waals surface area contributed by atoms with Crippen LogP contribution >= 0.6 is 0 Å². The molecule has 0 aliphatic heterocycles. The quantitative estimate of drug-likeness (QED) is 0.510. The summed E-state index contributed by atoms with van der Waals surface area (Å²) in [5.74, 6) is 0. The summed E-state index contributed by atoms with van der Waals surface area (Å²) in [6.45, 7) is 1.62. The van der Waals surface area contributed by atoms with Crippen molar-refractivity contribution in [3.8, 4) is 24.3 Å². The first-order valence-corrected chi connectivity index (χ1v) is 4.15. The molecule has 0 bridgehead atoms. The standard InChI is InChI=1S/C11H8N4/c1-9(4-6-13)11(8-15)10(7-14)3-2-5-12/h3H,2,4H2,1H3/b10-3-,11-9-. The molecule has 72 valence electrons. The van der Waals surface area contributed by atoms with Gasteiger partial charge in [-0.3, -0.25) is 0 Å². The van der Waals surface area contributed by atoms with Crippen molar-refractivity contribution in [3.63, 3.8) is 0 Å². The van der Waals surface area contributed by atoms with Gasteiger partial charge in [-0.25, -0.2) is 0 Å². The van der Waals surface area contributed by atoms with Gasteiger partial charge in [0.25, 0.3) is 0 Å². The van der Waals surface area contributed by atoms with Crippen LogP contribution in [0.3, 0.4) is 0 Å². The van der Waals surface area contributed by atoms with Crippen LogP contribution in [-0.4, -0.2) is 0 Å². The summed E-state index contributed by atoms with van der Waals surface area (Å²) in [6.07, 6.45) is 1.57. The SMILES string of the molecule is C/C(CC#N)=C(C#N)/C(C#N)=C\CC#N. The van der Waals surface area contributed by atoms with E-state index in [9.17, 15) is 0 Å². The Morgan fingerprint density at radius 1 is 1.07 bits per heavy atom. The van der Waals surface area contributed by atoms with Crippen molar-refractivity contribution in [1.29, 1.82) is 21.0 Å². The lowest BCUT2D eigenvalue weighted by molar-refractivity contribution is 1.17. The van der Waals surface area contributed by atoms with Crippen molar-refractivity contribution in [2.45, 2.75) is 19.8 Å². The van der Waals surface area contributed by atoms with Crippen LogP contribution in [0.2, 0.25) is 0 Å². The average molecular weight is 196 g/mol. The molecule has 0 aromatic heterocycles. The van der Waals surface area contributed by atoms with Gasteiger partial charge in [0.2, 0.25) is 0 Å². The molecule has 0 radical (unpaired) electrons. The van der Waals surface area contributed by atoms with E-state index in [4.69, 9.17) is 21.0 Å². The van der Waals surface area contributed by atoms with Gasteiger partial charge in [0.1, 0.15) is 12.1 Å². The second-order valence-corrected chi connectivity index (χ2v) is 2.69. The first kappa shape index (κ1) is 12.4. The zero-order valence-corrected chi connectivity index (χ0v) is 8.28. The number of rotatable bonds is 3. The number of hydrogen-bond acceptors (Lipinski definition) is 4. The normalized spacial score (nSPS) is 11.4. The van der Waals surface area contributed by atoms with Crippen molar-refractivity contribution >= 4 is 0 Å². The van der Waals surface area contributed by atoms with Gasteiger partial charge in [0.05, 0.1) is 36.1 Å². The van der Waals surface area contributed by atoms with E-state index >= 15 is 0 Å². The molecule has 4 nitrogen and oxygen atoms in total. The summed E-state index contributed by atoms with van der Waals surface area (Å²) >= 11 is 0. The summed E-state index contributed by atoms with van der Waals surface area (Å²) in [7, 11) is 0. The average Bonchev–Trinajstić information content (AvgIpc) is 2.24. The van der Waals surface area contributed by atoms with Gasteiger partial charge in [-0.05, 0) is 12.5 Å². The predicted octanol–water partition coefficient (Wildman–Crippen LogP) is 2.10. The fourth-order valence-corrected chi connectivity index (χ4v) is 0.944. The van der Waals surface area contributed by atoms with Crippen LogP contribution in [0.15, 0.2) is 22.8 Å². The third-order valence-corrected chi connectivity index (χ3v) is 1.67. The van der Waals surface area contributed by atoms with Crippen molar-refractivity contribution in [3.05, 3.63) is 22.8 Å². The molecule has 0 aromatic rings. The molecule has 0 fully saturated rings. The molecule has 0 aromatic carbocycles. The van der Waals surface area contributed by atoms with E-state index < -0.39 is 0 Å². The van der Waals surface area contributed by atoms with Crippen LogP contribution in [-0.2, 0) is 0 Å². The minimum Gasteiger partial charge on any atom is -0.198 e. The highest BCUT2D eigenvalue weighted by Gasteiger charge is 2.07. The molecule has 15 heavy (non-hydrogen) atoms. The van der Waals surface area contributed by atoms with Crippen molar-refractivity contribution in [2.24, 2.45) is 0 Å². The fraction of sp³-hybridized carbons (Fsp3) is 0.273. The van der Waals surface area contributed by atoms with Crippen LogP contribution in [0, 0.1) is 45.3 Å². The van der Waals surface area contributed by atoms with E-state index in [1.165, 1.54) is 6.08 Å². The van der Waals surface area contributed by atoms with Gasteiger partial charge in [0, 0.05) is 0 Å². The molecule has 0 amide bonds. The highest BCUT2D eigenvalue weighted by Crippen LogP contribution is 2.16. The van der Waals surface area contributed by atoms with Crippen LogP contribution in [0.5, 0.6) is 0 Å². The molecule has 0 rings (SSSR count). The summed E-state index contributed by atoms with van der Waals surface area (Å²) < 4.78 is 0. The highest BCUT2D eigenvalue weighted by molar-refractivity contribution is 5.52. The molecule has 4 heteroatoms. The van der Waals surface area contributed by atoms with E-state index in [0.717, 1.165) is 0 Å². The summed E-state index contributed by atoms with van der Waals surface area (Å²) in [4.78, 5) is 0. The van der Waals surface area contributed by atoms with Crippen molar-refractivity contribution < 1.29 is 0 Å². The maximum absolute atomic E-state index is 8.83. The number of nitriles is 4. The Kier molecular flexibility index (Phi) is 5.72. The largest absolute Gasteiger partial charge is 0.198 e. The minimum atomic E-state index is 0.0773. The van der Waals surface area contributed by atoms with Crippen LogP contribution in [0.25, 0.3) is 0 Å². The van der Waals surface area contributed by atoms with E-state index in [0.29, 0.717) is 5.57 Å². The summed E-state index contributed by atoms with van der Waals surface area (Å²) in [5.41, 5.74) is 0.895. The minimum absolute atomic E-state index is 0.0773. The number of hydrogen-bond donors (Lipinski definition) is 0. The topological polar surface area (TPSA) is 95.2 Å². The molecule has 0 spiro atoms. The Morgan fingerprint density at radius 2 is 1.73 bits per heavy atom. The van der Waals surface area contributed by atoms with E-state index in [1.54, 1.807) is 6.92 Å². The first-order chi connectivity index (χ1) is 7.21. The molecule has 0 aliphatic carbocycles. The molecule has 0 atom stereocenters. The fourth-order valence-electron chi connectivity index (χ4n) is 0.944. The molecular weight excluding hydrogens is 188 g/mol. The van der Waals surface area contributed by atoms with Gasteiger partial charge >= 0.3 is 0 Å². The van der Waals surface area contributed by atoms with Gasteiger partial charge in [-0.2, -0.15) is 21.0 Å². The molecule has 0 unspecified atom stereocenters. The monoisotopic (exact) mass is 196 g/mol. The number of allylic oxidation sites excluding steroid dienone is 4. The second-order valence-electron chi connectivity index (χ2n) is 2.69. The molecule has 0 aliphatic rings. The Morgan fingerprint density at radius 3 is 2.13 bits per heavy atom. The Bertz CT molecular complexity index is 455. The van der Waals surface area contributed by atoms with Gasteiger partial charge in [0.15, 0.2) is 0 Å². The Balaban J connectivity index is 5.26. The van der Waals surface area contributed by atoms with Crippen LogP contribution < -0.4 is 0 Å². The molecule has 0 saturated carbocycles. The summed E-state index contributed by atoms with van der Waals surface area (Å²) in [6, 6.07) is 7.49. The Labute approximate surface area is 88.6 Å². The highest BCUT2D eigenvalue weighted by atomic mass is 14.3. The van der Waals surface area contributed by atoms with Gasteiger partial charge in [-0.1, -0.05) is 6.08 Å². The zero-order valence-electron chi connectivity index (χ0n) is 8.28. The third kappa shape index (κ3) is 3.77. The maximum atomic E-state index is 8.83. The zero-order chi connectivity index (χ0) is 11.7. The van der Waals surface area contributed by atoms with E-state index in [1.807, 2.05) is 24.3 Å². The molecule has 0 heterocycles. The lowest BCUT2D eigenvalue weighted by Crippen LogP contribution is -1.90. The van der Waals surface area contributed by atoms with Crippen molar-refractivity contribution in [1.82, 2.24) is 0 Å². The van der Waals surface area contributed by atoms with E-state index in [-0.39, 0.29) is 24.0 Å². The smallest absolute Gasteiger partial charge is 0.100 e. The number of nitrogens with zero attached hydrogens (tertiary/aromatic N) is 4. The van der Waals surface area contributed by atoms with Crippen LogP contribution in [0.4, 0.5) is 0 Å². The molecule has 0 N–H and O–H groups in total. The lowest BCUT2D eigenvalue weighted by atomic mass is 10.0. The van der Waals surface area contributed by atoms with Crippen LogP contribution in [0.1, 0.15) is 19.8 Å². The van der Waals surface area contributed by atoms with Gasteiger partial charge < -0.3 is 0 Å². The maximum Gasteiger partial charge on any atom is 0.100 e. The molecule has 0 saturated heterocycles. The second kappa shape index (κ2) is 6.90.